The van der Waals surface area contributed by atoms with Gasteiger partial charge in [0.1, 0.15) is 5.75 Å². The van der Waals surface area contributed by atoms with Crippen molar-refractivity contribution >= 4 is 17.7 Å². The highest BCUT2D eigenvalue weighted by Gasteiger charge is 2.34. The standard InChI is InChI=1S/C21H20N2O4/c24-19(22-17-11-13-27-18-9-4-3-8-16(17)18)10-5-12-23-20(25)14-6-1-2-7-15(14)21(23)26/h1-4,6-9,17H,5,10-13H2,(H,22,24)/t17-/m1/s1. The van der Waals surface area contributed by atoms with Gasteiger partial charge < -0.3 is 10.1 Å². The van der Waals surface area contributed by atoms with Crippen LogP contribution in [0.2, 0.25) is 0 Å². The SMILES string of the molecule is O=C(CCCN1C(=O)c2ccccc2C1=O)N[C@@H]1CCOc2ccccc21. The minimum Gasteiger partial charge on any atom is -0.493 e. The number of para-hydroxylation sites is 1. The maximum atomic E-state index is 12.3. The van der Waals surface area contributed by atoms with Gasteiger partial charge in [0.25, 0.3) is 11.8 Å². The van der Waals surface area contributed by atoms with Crippen LogP contribution in [0.4, 0.5) is 0 Å². The first-order valence-corrected chi connectivity index (χ1v) is 9.11. The van der Waals surface area contributed by atoms with Crippen molar-refractivity contribution < 1.29 is 19.1 Å². The molecule has 0 aromatic heterocycles. The van der Waals surface area contributed by atoms with E-state index in [2.05, 4.69) is 5.32 Å². The van der Waals surface area contributed by atoms with Crippen LogP contribution in [0.15, 0.2) is 48.5 Å². The molecule has 27 heavy (non-hydrogen) atoms. The maximum Gasteiger partial charge on any atom is 0.261 e. The third-order valence-corrected chi connectivity index (χ3v) is 4.96. The molecule has 0 bridgehead atoms. The van der Waals surface area contributed by atoms with Crippen LogP contribution in [0, 0.1) is 0 Å². The molecule has 1 N–H and O–H groups in total. The van der Waals surface area contributed by atoms with E-state index in [0.29, 0.717) is 24.2 Å². The average Bonchev–Trinajstić information content (AvgIpc) is 2.93. The molecule has 4 rings (SSSR count). The van der Waals surface area contributed by atoms with Gasteiger partial charge in [-0.1, -0.05) is 30.3 Å². The van der Waals surface area contributed by atoms with Gasteiger partial charge >= 0.3 is 0 Å². The molecule has 2 aromatic rings. The molecule has 2 aliphatic heterocycles. The van der Waals surface area contributed by atoms with E-state index >= 15 is 0 Å². The normalized spacial score (nSPS) is 17.9. The molecule has 0 radical (unpaired) electrons. The lowest BCUT2D eigenvalue weighted by Gasteiger charge is -2.26. The van der Waals surface area contributed by atoms with Gasteiger partial charge in [-0.15, -0.1) is 0 Å². The van der Waals surface area contributed by atoms with E-state index in [1.165, 1.54) is 4.90 Å². The minimum absolute atomic E-state index is 0.0678. The molecule has 6 heteroatoms. The molecule has 2 aliphatic rings. The number of nitrogens with one attached hydrogen (secondary N) is 1. The van der Waals surface area contributed by atoms with Crippen LogP contribution in [-0.4, -0.2) is 35.8 Å². The van der Waals surface area contributed by atoms with E-state index in [1.54, 1.807) is 24.3 Å². The number of ether oxygens (including phenoxy) is 1. The quantitative estimate of drug-likeness (QED) is 0.828. The summed E-state index contributed by atoms with van der Waals surface area (Å²) in [5.41, 5.74) is 1.86. The van der Waals surface area contributed by atoms with Crippen molar-refractivity contribution in [3.63, 3.8) is 0 Å². The number of hydrogen-bond acceptors (Lipinski definition) is 4. The largest absolute Gasteiger partial charge is 0.493 e. The molecule has 0 saturated carbocycles. The second-order valence-electron chi connectivity index (χ2n) is 6.71. The molecule has 138 valence electrons. The minimum atomic E-state index is -0.283. The molecular weight excluding hydrogens is 344 g/mol. The Kier molecular flexibility index (Phi) is 4.62. The third kappa shape index (κ3) is 3.30. The number of rotatable bonds is 5. The van der Waals surface area contributed by atoms with E-state index in [4.69, 9.17) is 4.74 Å². The van der Waals surface area contributed by atoms with Gasteiger partial charge in [0.05, 0.1) is 23.8 Å². The summed E-state index contributed by atoms with van der Waals surface area (Å²) >= 11 is 0. The lowest BCUT2D eigenvalue weighted by Crippen LogP contribution is -2.34. The highest BCUT2D eigenvalue weighted by Crippen LogP contribution is 2.31. The highest BCUT2D eigenvalue weighted by molar-refractivity contribution is 6.21. The third-order valence-electron chi connectivity index (χ3n) is 4.96. The van der Waals surface area contributed by atoms with Crippen molar-refractivity contribution in [3.05, 3.63) is 65.2 Å². The van der Waals surface area contributed by atoms with Gasteiger partial charge in [-0.3, -0.25) is 19.3 Å². The number of benzene rings is 2. The highest BCUT2D eigenvalue weighted by atomic mass is 16.5. The van der Waals surface area contributed by atoms with Gasteiger partial charge in [-0.05, 0) is 24.6 Å². The zero-order valence-corrected chi connectivity index (χ0v) is 14.8. The Bertz CT molecular complexity index is 874. The fourth-order valence-corrected chi connectivity index (χ4v) is 3.60. The number of fused-ring (bicyclic) bond motifs is 2. The fraction of sp³-hybridized carbons (Fsp3) is 0.286. The van der Waals surface area contributed by atoms with Crippen LogP contribution in [-0.2, 0) is 4.79 Å². The lowest BCUT2D eigenvalue weighted by atomic mass is 10.0. The van der Waals surface area contributed by atoms with Gasteiger partial charge in [-0.25, -0.2) is 0 Å². The van der Waals surface area contributed by atoms with E-state index in [-0.39, 0.29) is 36.7 Å². The van der Waals surface area contributed by atoms with Crippen molar-refractivity contribution in [1.82, 2.24) is 10.2 Å². The molecule has 2 aromatic carbocycles. The maximum absolute atomic E-state index is 12.3. The Morgan fingerprint density at radius 1 is 1.04 bits per heavy atom. The molecular formula is C21H20N2O4. The number of hydrogen-bond donors (Lipinski definition) is 1. The Balaban J connectivity index is 1.31. The summed E-state index contributed by atoms with van der Waals surface area (Å²) < 4.78 is 5.61. The van der Waals surface area contributed by atoms with Crippen LogP contribution >= 0.6 is 0 Å². The second-order valence-corrected chi connectivity index (χ2v) is 6.71. The van der Waals surface area contributed by atoms with Crippen LogP contribution in [0.1, 0.15) is 51.6 Å². The molecule has 2 heterocycles. The van der Waals surface area contributed by atoms with Crippen LogP contribution in [0.3, 0.4) is 0 Å². The summed E-state index contributed by atoms with van der Waals surface area (Å²) in [4.78, 5) is 38.2. The Hall–Kier alpha value is -3.15. The number of amides is 3. The summed E-state index contributed by atoms with van der Waals surface area (Å²) in [6.45, 7) is 0.807. The van der Waals surface area contributed by atoms with Crippen molar-refractivity contribution in [2.75, 3.05) is 13.2 Å². The van der Waals surface area contributed by atoms with Crippen molar-refractivity contribution in [2.24, 2.45) is 0 Å². The monoisotopic (exact) mass is 364 g/mol. The lowest BCUT2D eigenvalue weighted by molar-refractivity contribution is -0.122. The van der Waals surface area contributed by atoms with Crippen molar-refractivity contribution in [3.8, 4) is 5.75 Å². The molecule has 6 nitrogen and oxygen atoms in total. The first-order chi connectivity index (χ1) is 13.1. The van der Waals surface area contributed by atoms with E-state index in [1.807, 2.05) is 24.3 Å². The number of carbonyl (C=O) groups excluding carboxylic acids is 3. The zero-order valence-electron chi connectivity index (χ0n) is 14.8. The molecule has 0 aliphatic carbocycles. The predicted molar refractivity (Wildman–Crippen MR) is 98.5 cm³/mol. The molecule has 0 unspecified atom stereocenters. The number of imide groups is 1. The molecule has 0 spiro atoms. The van der Waals surface area contributed by atoms with Crippen molar-refractivity contribution in [2.45, 2.75) is 25.3 Å². The Labute approximate surface area is 157 Å². The topological polar surface area (TPSA) is 75.7 Å². The summed E-state index contributed by atoms with van der Waals surface area (Å²) in [5, 5.41) is 3.03. The van der Waals surface area contributed by atoms with Crippen LogP contribution < -0.4 is 10.1 Å². The van der Waals surface area contributed by atoms with Crippen LogP contribution in [0.5, 0.6) is 5.75 Å². The average molecular weight is 364 g/mol. The van der Waals surface area contributed by atoms with E-state index in [0.717, 1.165) is 17.7 Å². The van der Waals surface area contributed by atoms with Gasteiger partial charge in [0, 0.05) is 24.9 Å². The summed E-state index contributed by atoms with van der Waals surface area (Å²) in [6.07, 6.45) is 1.41. The summed E-state index contributed by atoms with van der Waals surface area (Å²) in [7, 11) is 0. The fourth-order valence-electron chi connectivity index (χ4n) is 3.60. The summed E-state index contributed by atoms with van der Waals surface area (Å²) in [5.74, 6) is 0.150. The molecule has 0 saturated heterocycles. The van der Waals surface area contributed by atoms with Crippen molar-refractivity contribution in [1.29, 1.82) is 0 Å². The first-order valence-electron chi connectivity index (χ1n) is 9.11. The predicted octanol–water partition coefficient (Wildman–Crippen LogP) is 2.70. The van der Waals surface area contributed by atoms with Crippen LogP contribution in [0.25, 0.3) is 0 Å². The smallest absolute Gasteiger partial charge is 0.261 e. The zero-order chi connectivity index (χ0) is 18.8. The van der Waals surface area contributed by atoms with E-state index in [9.17, 15) is 14.4 Å². The van der Waals surface area contributed by atoms with Gasteiger partial charge in [-0.2, -0.15) is 0 Å². The molecule has 3 amide bonds. The Morgan fingerprint density at radius 3 is 2.44 bits per heavy atom. The summed E-state index contributed by atoms with van der Waals surface area (Å²) in [6, 6.07) is 14.4. The first kappa shape index (κ1) is 17.3. The van der Waals surface area contributed by atoms with Gasteiger partial charge in [0.15, 0.2) is 0 Å². The number of nitrogens with zero attached hydrogens (tertiary/aromatic N) is 1. The second kappa shape index (κ2) is 7.23. The van der Waals surface area contributed by atoms with Gasteiger partial charge in [0.2, 0.25) is 5.91 Å². The molecule has 1 atom stereocenters. The molecule has 0 fully saturated rings. The number of carbonyl (C=O) groups is 3. The Morgan fingerprint density at radius 2 is 1.70 bits per heavy atom. The van der Waals surface area contributed by atoms with E-state index < -0.39 is 0 Å².